The molecule has 1 N–H and O–H groups in total. The number of carbonyl (C=O) groups is 1. The van der Waals surface area contributed by atoms with Gasteiger partial charge < -0.3 is 29.0 Å². The van der Waals surface area contributed by atoms with Crippen LogP contribution in [0.3, 0.4) is 0 Å². The summed E-state index contributed by atoms with van der Waals surface area (Å²) in [5, 5.41) is 3.37. The van der Waals surface area contributed by atoms with Crippen molar-refractivity contribution in [1.29, 1.82) is 0 Å². The van der Waals surface area contributed by atoms with Gasteiger partial charge in [-0.2, -0.15) is 0 Å². The number of cyclic esters (lactones) is 1. The minimum Gasteiger partial charge on any atom is -0.497 e. The smallest absolute Gasteiger partial charge is 0.309 e. The molecule has 4 rings (SSSR count). The number of anilines is 2. The molecule has 7 nitrogen and oxygen atoms in total. The van der Waals surface area contributed by atoms with Crippen molar-refractivity contribution in [3.63, 3.8) is 0 Å². The quantitative estimate of drug-likeness (QED) is 0.410. The van der Waals surface area contributed by atoms with Gasteiger partial charge in [0.1, 0.15) is 11.5 Å². The summed E-state index contributed by atoms with van der Waals surface area (Å²) in [5.74, 6) is 2.55. The summed E-state index contributed by atoms with van der Waals surface area (Å²) in [6.45, 7) is 0.409. The largest absolute Gasteiger partial charge is 0.497 e. The van der Waals surface area contributed by atoms with Crippen LogP contribution >= 0.6 is 0 Å². The molecule has 0 radical (unpaired) electrons. The fourth-order valence-corrected chi connectivity index (χ4v) is 4.42. The number of methoxy groups -OCH3 is 4. The molecule has 2 atom stereocenters. The third-order valence-electron chi connectivity index (χ3n) is 6.35. The van der Waals surface area contributed by atoms with Gasteiger partial charge in [-0.25, -0.2) is 0 Å². The molecule has 0 aromatic heterocycles. The second kappa shape index (κ2) is 11.0. The highest BCUT2D eigenvalue weighted by atomic mass is 16.5. The van der Waals surface area contributed by atoms with E-state index < -0.39 is 0 Å². The highest BCUT2D eigenvalue weighted by molar-refractivity contribution is 5.75. The van der Waals surface area contributed by atoms with Crippen LogP contribution in [0.1, 0.15) is 11.1 Å². The minimum atomic E-state index is -0.229. The number of esters is 1. The minimum absolute atomic E-state index is 0.0729. The summed E-state index contributed by atoms with van der Waals surface area (Å²) in [7, 11) is 6.51. The van der Waals surface area contributed by atoms with Gasteiger partial charge in [0.2, 0.25) is 0 Å². The Balaban J connectivity index is 1.48. The molecule has 0 aliphatic carbocycles. The average molecular weight is 478 g/mol. The molecule has 0 amide bonds. The van der Waals surface area contributed by atoms with Crippen LogP contribution in [-0.4, -0.2) is 41.0 Å². The number of nitrogens with one attached hydrogen (secondary N) is 1. The number of hydrogen-bond donors (Lipinski definition) is 1. The van der Waals surface area contributed by atoms with E-state index in [9.17, 15) is 4.79 Å². The van der Waals surface area contributed by atoms with Crippen molar-refractivity contribution in [1.82, 2.24) is 0 Å². The highest BCUT2D eigenvalue weighted by Gasteiger charge is 2.37. The van der Waals surface area contributed by atoms with Crippen LogP contribution in [0.25, 0.3) is 0 Å². The molecule has 7 heteroatoms. The lowest BCUT2D eigenvalue weighted by molar-refractivity contribution is -0.141. The van der Waals surface area contributed by atoms with Crippen LogP contribution in [0.4, 0.5) is 11.4 Å². The predicted molar refractivity (Wildman–Crippen MR) is 134 cm³/mol. The van der Waals surface area contributed by atoms with Crippen LogP contribution in [0.15, 0.2) is 60.7 Å². The topological polar surface area (TPSA) is 75.3 Å². The second-order valence-electron chi connectivity index (χ2n) is 8.48. The van der Waals surface area contributed by atoms with Crippen LogP contribution < -0.4 is 24.3 Å². The van der Waals surface area contributed by atoms with Crippen molar-refractivity contribution in [2.45, 2.75) is 12.8 Å². The first-order chi connectivity index (χ1) is 17.0. The van der Waals surface area contributed by atoms with E-state index in [1.165, 1.54) is 0 Å². The van der Waals surface area contributed by atoms with Gasteiger partial charge in [-0.15, -0.1) is 0 Å². The number of benzene rings is 3. The number of hydrogen-bond acceptors (Lipinski definition) is 7. The van der Waals surface area contributed by atoms with E-state index in [1.54, 1.807) is 28.4 Å². The molecule has 184 valence electrons. The Kier molecular flexibility index (Phi) is 7.65. The van der Waals surface area contributed by atoms with Gasteiger partial charge in [0.05, 0.1) is 46.7 Å². The molecule has 1 aliphatic rings. The van der Waals surface area contributed by atoms with Crippen molar-refractivity contribution in [3.8, 4) is 23.0 Å². The van der Waals surface area contributed by atoms with E-state index in [0.717, 1.165) is 28.3 Å². The zero-order valence-corrected chi connectivity index (χ0v) is 20.5. The Bertz CT molecular complexity index is 1160. The van der Waals surface area contributed by atoms with Crippen molar-refractivity contribution in [2.75, 3.05) is 40.4 Å². The Morgan fingerprint density at radius 3 is 2.11 bits per heavy atom. The first-order valence-electron chi connectivity index (χ1n) is 11.5. The molecule has 1 fully saturated rings. The van der Waals surface area contributed by atoms with Crippen molar-refractivity contribution >= 4 is 17.3 Å². The van der Waals surface area contributed by atoms with Gasteiger partial charge in [-0.3, -0.25) is 4.79 Å². The number of carbonyl (C=O) groups excluding carboxylic acids is 1. The molecule has 1 aliphatic heterocycles. The molecule has 0 spiro atoms. The van der Waals surface area contributed by atoms with Crippen molar-refractivity contribution < 1.29 is 28.5 Å². The summed E-state index contributed by atoms with van der Waals surface area (Å²) < 4.78 is 27.1. The lowest BCUT2D eigenvalue weighted by atomic mass is 9.85. The highest BCUT2D eigenvalue weighted by Crippen LogP contribution is 2.35. The molecule has 1 heterocycles. The zero-order valence-electron chi connectivity index (χ0n) is 20.5. The van der Waals surface area contributed by atoms with Crippen LogP contribution in [0, 0.1) is 11.8 Å². The molecule has 0 saturated carbocycles. The molecule has 1 saturated heterocycles. The van der Waals surface area contributed by atoms with Gasteiger partial charge in [-0.1, -0.05) is 12.1 Å². The molecule has 3 aromatic rings. The molecular weight excluding hydrogens is 446 g/mol. The maximum Gasteiger partial charge on any atom is 0.309 e. The van der Waals surface area contributed by atoms with E-state index in [0.29, 0.717) is 36.7 Å². The van der Waals surface area contributed by atoms with Gasteiger partial charge in [0, 0.05) is 11.6 Å². The van der Waals surface area contributed by atoms with Crippen LogP contribution in [-0.2, 0) is 22.4 Å². The van der Waals surface area contributed by atoms with E-state index in [2.05, 4.69) is 5.32 Å². The number of rotatable bonds is 10. The number of ether oxygens (including phenoxy) is 5. The Morgan fingerprint density at radius 1 is 0.771 bits per heavy atom. The van der Waals surface area contributed by atoms with E-state index in [-0.39, 0.29) is 17.8 Å². The SMILES string of the molecule is COc1ccc(Nc2ccc(C[C@H]3C(=O)OC[C@@H]3Cc3ccc(OC)c(OC)c3)cc2OC)cc1. The molecule has 3 aromatic carbocycles. The average Bonchev–Trinajstić information content (AvgIpc) is 3.23. The van der Waals surface area contributed by atoms with Gasteiger partial charge in [-0.05, 0) is 72.5 Å². The van der Waals surface area contributed by atoms with E-state index in [4.69, 9.17) is 23.7 Å². The normalized spacial score (nSPS) is 17.0. The Labute approximate surface area is 205 Å². The summed E-state index contributed by atoms with van der Waals surface area (Å²) in [4.78, 5) is 12.6. The predicted octanol–water partition coefficient (Wildman–Crippen LogP) is 5.04. The van der Waals surface area contributed by atoms with Gasteiger partial charge in [0.25, 0.3) is 0 Å². The maximum atomic E-state index is 12.6. The van der Waals surface area contributed by atoms with Crippen LogP contribution in [0.2, 0.25) is 0 Å². The summed E-state index contributed by atoms with van der Waals surface area (Å²) in [6, 6.07) is 19.5. The van der Waals surface area contributed by atoms with Gasteiger partial charge >= 0.3 is 5.97 Å². The lowest BCUT2D eigenvalue weighted by Crippen LogP contribution is -2.20. The van der Waals surface area contributed by atoms with Gasteiger partial charge in [0.15, 0.2) is 11.5 Å². The van der Waals surface area contributed by atoms with Crippen molar-refractivity contribution in [2.24, 2.45) is 11.8 Å². The summed E-state index contributed by atoms with van der Waals surface area (Å²) in [5.41, 5.74) is 3.86. The third kappa shape index (κ3) is 5.62. The molecule has 0 unspecified atom stereocenters. The van der Waals surface area contributed by atoms with Crippen LogP contribution in [0.5, 0.6) is 23.0 Å². The molecule has 0 bridgehead atoms. The summed E-state index contributed by atoms with van der Waals surface area (Å²) in [6.07, 6.45) is 1.29. The fourth-order valence-electron chi connectivity index (χ4n) is 4.42. The first-order valence-corrected chi connectivity index (χ1v) is 11.5. The zero-order chi connectivity index (χ0) is 24.8. The Hall–Kier alpha value is -3.87. The summed E-state index contributed by atoms with van der Waals surface area (Å²) >= 11 is 0. The lowest BCUT2D eigenvalue weighted by Gasteiger charge is -2.18. The first kappa shape index (κ1) is 24.3. The van der Waals surface area contributed by atoms with E-state index >= 15 is 0 Å². The second-order valence-corrected chi connectivity index (χ2v) is 8.48. The molecule has 35 heavy (non-hydrogen) atoms. The maximum absolute atomic E-state index is 12.6. The monoisotopic (exact) mass is 477 g/mol. The Morgan fingerprint density at radius 2 is 1.43 bits per heavy atom. The fraction of sp³-hybridized carbons (Fsp3) is 0.321. The van der Waals surface area contributed by atoms with Crippen molar-refractivity contribution in [3.05, 3.63) is 71.8 Å². The standard InChI is InChI=1S/C28H31NO6/c1-31-22-9-7-21(8-10-22)29-24-11-5-19(15-26(24)33-3)14-23-20(17-35-28(23)30)13-18-6-12-25(32-2)27(16-18)34-4/h5-12,15-16,20,23,29H,13-14,17H2,1-4H3/t20-,23+/m0/s1. The third-order valence-corrected chi connectivity index (χ3v) is 6.35. The van der Waals surface area contributed by atoms with E-state index in [1.807, 2.05) is 60.7 Å². The molecular formula is C28H31NO6.